The number of aromatic amines is 1. The largest absolute Gasteiger partial charge is 0.395 e. The molecule has 2 heterocycles. The molecule has 0 radical (unpaired) electrons. The summed E-state index contributed by atoms with van der Waals surface area (Å²) in [6.45, 7) is -0.299. The Balaban J connectivity index is 1.60. The fourth-order valence-electron chi connectivity index (χ4n) is 4.12. The monoisotopic (exact) mass is 456 g/mol. The van der Waals surface area contributed by atoms with Gasteiger partial charge in [-0.2, -0.15) is 0 Å². The first-order valence-electron chi connectivity index (χ1n) is 10.8. The molecular formula is C26H21FN4O3. The van der Waals surface area contributed by atoms with Crippen LogP contribution in [0.5, 0.6) is 0 Å². The Morgan fingerprint density at radius 2 is 1.74 bits per heavy atom. The highest BCUT2D eigenvalue weighted by Gasteiger charge is 2.33. The Morgan fingerprint density at radius 3 is 2.50 bits per heavy atom. The van der Waals surface area contributed by atoms with Crippen LogP contribution in [0.25, 0.3) is 10.9 Å². The highest BCUT2D eigenvalue weighted by atomic mass is 19.1. The number of hydrogen-bond acceptors (Lipinski definition) is 4. The van der Waals surface area contributed by atoms with Crippen molar-refractivity contribution < 1.29 is 19.1 Å². The number of aliphatic imine (C=N–C) groups is 1. The van der Waals surface area contributed by atoms with Gasteiger partial charge in [-0.05, 0) is 30.3 Å². The summed E-state index contributed by atoms with van der Waals surface area (Å²) in [4.78, 5) is 35.5. The molecule has 0 saturated carbocycles. The number of benzodiazepines with no additional fused rings is 1. The van der Waals surface area contributed by atoms with Crippen molar-refractivity contribution in [1.29, 1.82) is 0 Å². The third kappa shape index (κ3) is 3.84. The van der Waals surface area contributed by atoms with Crippen molar-refractivity contribution in [3.63, 3.8) is 0 Å². The van der Waals surface area contributed by atoms with E-state index >= 15 is 0 Å². The second-order valence-corrected chi connectivity index (χ2v) is 7.83. The summed E-state index contributed by atoms with van der Waals surface area (Å²) in [5.74, 6) is -1.56. The topological polar surface area (TPSA) is 97.8 Å². The molecule has 2 amide bonds. The van der Waals surface area contributed by atoms with Gasteiger partial charge in [0.15, 0.2) is 0 Å². The number of rotatable bonds is 5. The van der Waals surface area contributed by atoms with Gasteiger partial charge in [-0.1, -0.05) is 48.5 Å². The van der Waals surface area contributed by atoms with E-state index in [0.717, 1.165) is 10.9 Å². The Hall–Kier alpha value is -4.30. The maximum Gasteiger partial charge on any atom is 0.272 e. The molecule has 1 aromatic heterocycles. The summed E-state index contributed by atoms with van der Waals surface area (Å²) in [7, 11) is 0. The molecule has 3 N–H and O–H groups in total. The molecule has 8 heteroatoms. The minimum Gasteiger partial charge on any atom is -0.395 e. The predicted octanol–water partition coefficient (Wildman–Crippen LogP) is 3.24. The molecule has 3 aromatic carbocycles. The van der Waals surface area contributed by atoms with Gasteiger partial charge in [0.05, 0.1) is 18.0 Å². The minimum atomic E-state index is -1.33. The Bertz CT molecular complexity index is 1400. The number of nitrogens with zero attached hydrogens (tertiary/aromatic N) is 2. The van der Waals surface area contributed by atoms with Gasteiger partial charge in [-0.15, -0.1) is 0 Å². The van der Waals surface area contributed by atoms with Crippen LogP contribution in [0.15, 0.2) is 83.9 Å². The van der Waals surface area contributed by atoms with Gasteiger partial charge in [0.25, 0.3) is 11.8 Å². The standard InChI is InChI=1S/C26H21FN4O3/c27-19-10-4-2-8-17(19)23-18-9-3-6-12-22(18)31(13-14-32)26(34)24(29-23)30-25(33)21-15-16-7-1-5-11-20(16)28-21/h1-12,15,24,28,32H,13-14H2,(H,30,33)/t24-/m0/s1. The number of benzene rings is 3. The second-order valence-electron chi connectivity index (χ2n) is 7.83. The van der Waals surface area contributed by atoms with Crippen LogP contribution in [-0.4, -0.2) is 46.9 Å². The highest BCUT2D eigenvalue weighted by molar-refractivity contribution is 6.20. The van der Waals surface area contributed by atoms with Crippen LogP contribution in [0.1, 0.15) is 21.6 Å². The first kappa shape index (κ1) is 21.5. The molecular weight excluding hydrogens is 435 g/mol. The van der Waals surface area contributed by atoms with Crippen LogP contribution >= 0.6 is 0 Å². The van der Waals surface area contributed by atoms with Crippen LogP contribution in [0.3, 0.4) is 0 Å². The Labute approximate surface area is 194 Å². The number of hydrogen-bond donors (Lipinski definition) is 3. The summed E-state index contributed by atoms with van der Waals surface area (Å²) in [5.41, 5.74) is 2.50. The van der Waals surface area contributed by atoms with Gasteiger partial charge < -0.3 is 20.3 Å². The molecule has 0 bridgehead atoms. The van der Waals surface area contributed by atoms with Crippen molar-refractivity contribution in [1.82, 2.24) is 10.3 Å². The Kier molecular flexibility index (Phi) is 5.65. The van der Waals surface area contributed by atoms with Crippen LogP contribution in [0.2, 0.25) is 0 Å². The van der Waals surface area contributed by atoms with Gasteiger partial charge >= 0.3 is 0 Å². The van der Waals surface area contributed by atoms with Gasteiger partial charge in [0.2, 0.25) is 6.17 Å². The van der Waals surface area contributed by atoms with Crippen LogP contribution in [-0.2, 0) is 4.79 Å². The summed E-state index contributed by atoms with van der Waals surface area (Å²) >= 11 is 0. The van der Waals surface area contributed by atoms with E-state index in [0.29, 0.717) is 11.3 Å². The molecule has 170 valence electrons. The summed E-state index contributed by atoms with van der Waals surface area (Å²) < 4.78 is 14.8. The number of anilines is 1. The third-order valence-electron chi connectivity index (χ3n) is 5.70. The van der Waals surface area contributed by atoms with E-state index < -0.39 is 23.8 Å². The van der Waals surface area contributed by atoms with E-state index in [1.165, 1.54) is 11.0 Å². The molecule has 1 aliphatic rings. The van der Waals surface area contributed by atoms with Crippen molar-refractivity contribution in [2.75, 3.05) is 18.1 Å². The van der Waals surface area contributed by atoms with Gasteiger partial charge in [-0.25, -0.2) is 9.38 Å². The fourth-order valence-corrected chi connectivity index (χ4v) is 4.12. The maximum atomic E-state index is 14.8. The first-order valence-corrected chi connectivity index (χ1v) is 10.8. The zero-order valence-corrected chi connectivity index (χ0v) is 18.0. The lowest BCUT2D eigenvalue weighted by atomic mass is 10.00. The smallest absolute Gasteiger partial charge is 0.272 e. The van der Waals surface area contributed by atoms with E-state index in [-0.39, 0.29) is 30.1 Å². The number of β-amino-alcohol motifs (C(OH)–C–C–N with tert-alkyl or cyclic N) is 1. The number of H-pyrrole nitrogens is 1. The van der Waals surface area contributed by atoms with E-state index in [1.54, 1.807) is 48.5 Å². The maximum absolute atomic E-state index is 14.8. The SMILES string of the molecule is O=C(N[C@@H]1N=C(c2ccccc2F)c2ccccc2N(CCO)C1=O)c1cc2ccccc2[nH]1. The highest BCUT2D eigenvalue weighted by Crippen LogP contribution is 2.29. The van der Waals surface area contributed by atoms with E-state index in [9.17, 15) is 19.1 Å². The lowest BCUT2D eigenvalue weighted by molar-refractivity contribution is -0.120. The number of amides is 2. The van der Waals surface area contributed by atoms with Gasteiger partial charge in [0, 0.05) is 28.6 Å². The minimum absolute atomic E-state index is 0.00528. The lowest BCUT2D eigenvalue weighted by Crippen LogP contribution is -2.48. The van der Waals surface area contributed by atoms with Crippen LogP contribution < -0.4 is 10.2 Å². The van der Waals surface area contributed by atoms with Crippen molar-refractivity contribution in [2.45, 2.75) is 6.17 Å². The van der Waals surface area contributed by atoms with Crippen molar-refractivity contribution in [2.24, 2.45) is 4.99 Å². The molecule has 7 nitrogen and oxygen atoms in total. The molecule has 34 heavy (non-hydrogen) atoms. The number of halogens is 1. The number of aliphatic hydroxyl groups is 1. The normalized spacial score (nSPS) is 15.6. The molecule has 0 unspecified atom stereocenters. The van der Waals surface area contributed by atoms with E-state index in [2.05, 4.69) is 15.3 Å². The summed E-state index contributed by atoms with van der Waals surface area (Å²) in [6.07, 6.45) is -1.33. The molecule has 0 spiro atoms. The zero-order valence-electron chi connectivity index (χ0n) is 18.0. The molecule has 0 fully saturated rings. The molecule has 5 rings (SSSR count). The third-order valence-corrected chi connectivity index (χ3v) is 5.70. The number of carbonyl (C=O) groups excluding carboxylic acids is 2. The van der Waals surface area contributed by atoms with Crippen molar-refractivity contribution in [3.05, 3.63) is 102 Å². The van der Waals surface area contributed by atoms with Gasteiger partial charge in [-0.3, -0.25) is 9.59 Å². The molecule has 4 aromatic rings. The van der Waals surface area contributed by atoms with Crippen LogP contribution in [0, 0.1) is 5.82 Å². The molecule has 0 aliphatic carbocycles. The molecule has 0 saturated heterocycles. The average Bonchev–Trinajstić information content (AvgIpc) is 3.26. The summed E-state index contributed by atoms with van der Waals surface area (Å²) in [5, 5.41) is 13.2. The summed E-state index contributed by atoms with van der Waals surface area (Å²) in [6, 6.07) is 22.2. The number of nitrogens with one attached hydrogen (secondary N) is 2. The first-order chi connectivity index (χ1) is 16.6. The quantitative estimate of drug-likeness (QED) is 0.430. The molecule has 1 aliphatic heterocycles. The average molecular weight is 456 g/mol. The predicted molar refractivity (Wildman–Crippen MR) is 127 cm³/mol. The zero-order chi connectivity index (χ0) is 23.7. The number of aliphatic hydroxyl groups excluding tert-OH is 1. The van der Waals surface area contributed by atoms with E-state index in [1.807, 2.05) is 24.3 Å². The lowest BCUT2D eigenvalue weighted by Gasteiger charge is -2.24. The second kappa shape index (κ2) is 8.92. The van der Waals surface area contributed by atoms with Crippen molar-refractivity contribution >= 4 is 34.1 Å². The molecule has 1 atom stereocenters. The Morgan fingerprint density at radius 1 is 1.03 bits per heavy atom. The number of para-hydroxylation sites is 2. The van der Waals surface area contributed by atoms with Crippen LogP contribution in [0.4, 0.5) is 10.1 Å². The fraction of sp³-hybridized carbons (Fsp3) is 0.115. The van der Waals surface area contributed by atoms with E-state index in [4.69, 9.17) is 0 Å². The number of aromatic nitrogens is 1. The van der Waals surface area contributed by atoms with Crippen molar-refractivity contribution in [3.8, 4) is 0 Å². The number of fused-ring (bicyclic) bond motifs is 2. The van der Waals surface area contributed by atoms with Gasteiger partial charge in [0.1, 0.15) is 11.5 Å². The number of carbonyl (C=O) groups is 2.